The highest BCUT2D eigenvalue weighted by Gasteiger charge is 2.11. The number of hydrazine groups is 1. The Morgan fingerprint density at radius 3 is 2.45 bits per heavy atom. The Hall–Kier alpha value is -1.71. The van der Waals surface area contributed by atoms with E-state index >= 15 is 0 Å². The molecule has 3 heteroatoms. The molecule has 0 aliphatic carbocycles. The summed E-state index contributed by atoms with van der Waals surface area (Å²) in [6, 6.07) is 12.9. The van der Waals surface area contributed by atoms with Crippen molar-refractivity contribution in [3.8, 4) is 0 Å². The second kappa shape index (κ2) is 7.17. The monoisotopic (exact) mass is 269 g/mol. The van der Waals surface area contributed by atoms with Crippen LogP contribution in [0.2, 0.25) is 0 Å². The Morgan fingerprint density at radius 1 is 1.05 bits per heavy atom. The van der Waals surface area contributed by atoms with Gasteiger partial charge in [0.15, 0.2) is 0 Å². The van der Waals surface area contributed by atoms with Crippen LogP contribution in [0.1, 0.15) is 36.6 Å². The maximum absolute atomic E-state index is 5.74. The van der Waals surface area contributed by atoms with Crippen LogP contribution in [0, 0.1) is 5.92 Å². The van der Waals surface area contributed by atoms with Crippen LogP contribution in [-0.2, 0) is 12.8 Å². The van der Waals surface area contributed by atoms with E-state index in [1.165, 1.54) is 16.7 Å². The third-order valence-corrected chi connectivity index (χ3v) is 3.39. The van der Waals surface area contributed by atoms with Gasteiger partial charge >= 0.3 is 0 Å². The highest BCUT2D eigenvalue weighted by Crippen LogP contribution is 2.20. The summed E-state index contributed by atoms with van der Waals surface area (Å²) in [5, 5.41) is 0. The van der Waals surface area contributed by atoms with Crippen LogP contribution >= 0.6 is 0 Å². The molecule has 1 aromatic heterocycles. The lowest BCUT2D eigenvalue weighted by Crippen LogP contribution is -2.29. The molecule has 2 rings (SSSR count). The number of hydrogen-bond acceptors (Lipinski definition) is 3. The van der Waals surface area contributed by atoms with E-state index in [0.717, 1.165) is 12.8 Å². The van der Waals surface area contributed by atoms with E-state index in [1.807, 2.05) is 24.5 Å². The van der Waals surface area contributed by atoms with Crippen molar-refractivity contribution in [3.63, 3.8) is 0 Å². The van der Waals surface area contributed by atoms with E-state index in [2.05, 4.69) is 48.5 Å². The highest BCUT2D eigenvalue weighted by molar-refractivity contribution is 5.28. The van der Waals surface area contributed by atoms with Gasteiger partial charge in [-0.15, -0.1) is 0 Å². The molecule has 0 aliphatic heterocycles. The molecule has 1 heterocycles. The van der Waals surface area contributed by atoms with Crippen LogP contribution in [-0.4, -0.2) is 4.98 Å². The van der Waals surface area contributed by atoms with Crippen LogP contribution in [0.5, 0.6) is 0 Å². The molecule has 1 unspecified atom stereocenters. The van der Waals surface area contributed by atoms with Crippen LogP contribution < -0.4 is 11.3 Å². The summed E-state index contributed by atoms with van der Waals surface area (Å²) in [4.78, 5) is 4.05. The van der Waals surface area contributed by atoms with Gasteiger partial charge in [0.25, 0.3) is 0 Å². The molecule has 0 bridgehead atoms. The van der Waals surface area contributed by atoms with Crippen LogP contribution in [0.15, 0.2) is 48.8 Å². The average molecular weight is 269 g/mol. The van der Waals surface area contributed by atoms with Gasteiger partial charge in [-0.1, -0.05) is 38.1 Å². The minimum Gasteiger partial charge on any atom is -0.271 e. The van der Waals surface area contributed by atoms with Crippen molar-refractivity contribution >= 4 is 0 Å². The standard InChI is InChI=1S/C17H23N3/c1-13(2)10-15-4-3-5-16(11-15)17(20-18)12-14-6-8-19-9-7-14/h3-9,11,13,17,20H,10,12,18H2,1-2H3. The Kier molecular flexibility index (Phi) is 5.27. The second-order valence-corrected chi connectivity index (χ2v) is 5.62. The van der Waals surface area contributed by atoms with Crippen molar-refractivity contribution in [3.05, 3.63) is 65.5 Å². The normalized spacial score (nSPS) is 12.6. The van der Waals surface area contributed by atoms with Gasteiger partial charge in [0.2, 0.25) is 0 Å². The SMILES string of the molecule is CC(C)Cc1cccc(C(Cc2ccncc2)NN)c1. The summed E-state index contributed by atoms with van der Waals surface area (Å²) in [7, 11) is 0. The topological polar surface area (TPSA) is 50.9 Å². The third-order valence-electron chi connectivity index (χ3n) is 3.39. The predicted octanol–water partition coefficient (Wildman–Crippen LogP) is 3.03. The third kappa shape index (κ3) is 4.15. The largest absolute Gasteiger partial charge is 0.271 e. The Morgan fingerprint density at radius 2 is 1.80 bits per heavy atom. The number of aromatic nitrogens is 1. The number of nitrogens with one attached hydrogen (secondary N) is 1. The summed E-state index contributed by atoms with van der Waals surface area (Å²) < 4.78 is 0. The number of benzene rings is 1. The van der Waals surface area contributed by atoms with Gasteiger partial charge in [0.05, 0.1) is 0 Å². The summed E-state index contributed by atoms with van der Waals surface area (Å²) in [6.45, 7) is 4.48. The van der Waals surface area contributed by atoms with Gasteiger partial charge in [0, 0.05) is 18.4 Å². The average Bonchev–Trinajstić information content (AvgIpc) is 2.45. The van der Waals surface area contributed by atoms with E-state index in [1.54, 1.807) is 0 Å². The quantitative estimate of drug-likeness (QED) is 0.626. The molecule has 0 fully saturated rings. The zero-order valence-corrected chi connectivity index (χ0v) is 12.2. The van der Waals surface area contributed by atoms with Crippen molar-refractivity contribution in [2.45, 2.75) is 32.7 Å². The highest BCUT2D eigenvalue weighted by atomic mass is 15.2. The van der Waals surface area contributed by atoms with Gasteiger partial charge in [-0.2, -0.15) is 0 Å². The van der Waals surface area contributed by atoms with E-state index in [-0.39, 0.29) is 6.04 Å². The molecule has 3 nitrogen and oxygen atoms in total. The minimum atomic E-state index is 0.129. The lowest BCUT2D eigenvalue weighted by atomic mass is 9.95. The summed E-state index contributed by atoms with van der Waals surface area (Å²) in [5.41, 5.74) is 6.77. The molecule has 0 radical (unpaired) electrons. The van der Waals surface area contributed by atoms with E-state index in [0.29, 0.717) is 5.92 Å². The molecule has 2 aromatic rings. The maximum Gasteiger partial charge on any atom is 0.0500 e. The zero-order valence-electron chi connectivity index (χ0n) is 12.2. The summed E-state index contributed by atoms with van der Waals surface area (Å²) in [6.07, 6.45) is 5.60. The molecule has 3 N–H and O–H groups in total. The molecular formula is C17H23N3. The Labute approximate surface area is 121 Å². The number of nitrogens with two attached hydrogens (primary N) is 1. The lowest BCUT2D eigenvalue weighted by molar-refractivity contribution is 0.550. The van der Waals surface area contributed by atoms with Crippen LogP contribution in [0.4, 0.5) is 0 Å². The van der Waals surface area contributed by atoms with Crippen molar-refractivity contribution in [2.75, 3.05) is 0 Å². The zero-order chi connectivity index (χ0) is 14.4. The first-order valence-electron chi connectivity index (χ1n) is 7.13. The van der Waals surface area contributed by atoms with Gasteiger partial charge in [-0.05, 0) is 47.6 Å². The van der Waals surface area contributed by atoms with Gasteiger partial charge in [-0.25, -0.2) is 0 Å². The molecule has 0 saturated heterocycles. The molecular weight excluding hydrogens is 246 g/mol. The fraction of sp³-hybridized carbons (Fsp3) is 0.353. The van der Waals surface area contributed by atoms with Gasteiger partial charge < -0.3 is 0 Å². The number of hydrogen-bond donors (Lipinski definition) is 2. The fourth-order valence-electron chi connectivity index (χ4n) is 2.44. The smallest absolute Gasteiger partial charge is 0.0500 e. The first-order valence-corrected chi connectivity index (χ1v) is 7.13. The van der Waals surface area contributed by atoms with E-state index < -0.39 is 0 Å². The fourth-order valence-corrected chi connectivity index (χ4v) is 2.44. The molecule has 20 heavy (non-hydrogen) atoms. The summed E-state index contributed by atoms with van der Waals surface area (Å²) in [5.74, 6) is 6.40. The Bertz CT molecular complexity index is 523. The molecule has 0 amide bonds. The molecule has 0 spiro atoms. The van der Waals surface area contributed by atoms with Crippen molar-refractivity contribution in [1.82, 2.24) is 10.4 Å². The van der Waals surface area contributed by atoms with Gasteiger partial charge in [0.1, 0.15) is 0 Å². The minimum absolute atomic E-state index is 0.129. The number of pyridine rings is 1. The van der Waals surface area contributed by atoms with Crippen molar-refractivity contribution in [1.29, 1.82) is 0 Å². The predicted molar refractivity (Wildman–Crippen MR) is 83.0 cm³/mol. The second-order valence-electron chi connectivity index (χ2n) is 5.62. The number of nitrogens with zero attached hydrogens (tertiary/aromatic N) is 1. The summed E-state index contributed by atoms with van der Waals surface area (Å²) >= 11 is 0. The van der Waals surface area contributed by atoms with Crippen LogP contribution in [0.3, 0.4) is 0 Å². The maximum atomic E-state index is 5.74. The molecule has 0 saturated carbocycles. The Balaban J connectivity index is 2.15. The van der Waals surface area contributed by atoms with Crippen molar-refractivity contribution in [2.24, 2.45) is 11.8 Å². The molecule has 0 aliphatic rings. The number of rotatable bonds is 6. The molecule has 106 valence electrons. The first-order chi connectivity index (χ1) is 9.69. The van der Waals surface area contributed by atoms with E-state index in [9.17, 15) is 0 Å². The van der Waals surface area contributed by atoms with Crippen LogP contribution in [0.25, 0.3) is 0 Å². The lowest BCUT2D eigenvalue weighted by Gasteiger charge is -2.17. The van der Waals surface area contributed by atoms with Gasteiger partial charge in [-0.3, -0.25) is 16.3 Å². The van der Waals surface area contributed by atoms with E-state index in [4.69, 9.17) is 5.84 Å². The van der Waals surface area contributed by atoms with Crippen molar-refractivity contribution < 1.29 is 0 Å². The first kappa shape index (κ1) is 14.7. The molecule has 1 atom stereocenters. The molecule has 1 aromatic carbocycles.